The van der Waals surface area contributed by atoms with Gasteiger partial charge < -0.3 is 16.4 Å². The van der Waals surface area contributed by atoms with E-state index in [0.717, 1.165) is 56.0 Å². The van der Waals surface area contributed by atoms with Gasteiger partial charge in [-0.3, -0.25) is 9.48 Å². The highest BCUT2D eigenvalue weighted by Gasteiger charge is 2.30. The zero-order chi connectivity index (χ0) is 24.5. The summed E-state index contributed by atoms with van der Waals surface area (Å²) < 4.78 is 3.92. The number of nitrogens with two attached hydrogens (primary N) is 1. The van der Waals surface area contributed by atoms with Crippen molar-refractivity contribution in [1.82, 2.24) is 24.9 Å². The van der Waals surface area contributed by atoms with Gasteiger partial charge in [-0.1, -0.05) is 27.7 Å². The van der Waals surface area contributed by atoms with Crippen molar-refractivity contribution < 1.29 is 4.79 Å². The van der Waals surface area contributed by atoms with E-state index in [1.54, 1.807) is 12.3 Å². The molecular formula is C26H37N7O. The van der Waals surface area contributed by atoms with Crippen LogP contribution in [0.5, 0.6) is 0 Å². The average molecular weight is 464 g/mol. The summed E-state index contributed by atoms with van der Waals surface area (Å²) >= 11 is 0. The lowest BCUT2D eigenvalue weighted by Crippen LogP contribution is -2.24. The van der Waals surface area contributed by atoms with E-state index in [1.807, 2.05) is 27.7 Å². The Morgan fingerprint density at radius 3 is 2.82 bits per heavy atom. The van der Waals surface area contributed by atoms with E-state index in [1.165, 1.54) is 11.3 Å². The molecule has 1 aliphatic rings. The molecule has 0 aliphatic heterocycles. The van der Waals surface area contributed by atoms with E-state index < -0.39 is 5.91 Å². The van der Waals surface area contributed by atoms with E-state index in [9.17, 15) is 4.79 Å². The van der Waals surface area contributed by atoms with Gasteiger partial charge in [0.2, 0.25) is 0 Å². The van der Waals surface area contributed by atoms with Crippen LogP contribution in [0, 0.1) is 18.3 Å². The van der Waals surface area contributed by atoms with E-state index in [4.69, 9.17) is 10.8 Å². The van der Waals surface area contributed by atoms with Crippen molar-refractivity contribution in [3.63, 3.8) is 0 Å². The average Bonchev–Trinajstić information content (AvgIpc) is 3.33. The zero-order valence-corrected chi connectivity index (χ0v) is 21.0. The maximum Gasteiger partial charge on any atom is 0.250 e. The molecule has 0 fully saturated rings. The van der Waals surface area contributed by atoms with Gasteiger partial charge in [-0.15, -0.1) is 0 Å². The van der Waals surface area contributed by atoms with Crippen molar-refractivity contribution in [2.45, 2.75) is 60.4 Å². The summed E-state index contributed by atoms with van der Waals surface area (Å²) in [6, 6.07) is 5.65. The highest BCUT2D eigenvalue weighted by molar-refractivity contribution is 5.99. The second kappa shape index (κ2) is 9.62. The van der Waals surface area contributed by atoms with Crippen molar-refractivity contribution in [3.05, 3.63) is 53.1 Å². The van der Waals surface area contributed by atoms with Gasteiger partial charge in [-0.25, -0.2) is 4.68 Å². The Hall–Kier alpha value is -3.13. The first-order valence-corrected chi connectivity index (χ1v) is 12.1. The van der Waals surface area contributed by atoms with Gasteiger partial charge in [0.1, 0.15) is 0 Å². The van der Waals surface area contributed by atoms with Crippen LogP contribution in [0.4, 0.5) is 11.4 Å². The number of carbonyl (C=O) groups is 1. The number of primary amides is 1. The smallest absolute Gasteiger partial charge is 0.250 e. The highest BCUT2D eigenvalue weighted by atomic mass is 16.1. The van der Waals surface area contributed by atoms with Crippen LogP contribution in [0.2, 0.25) is 0 Å². The summed E-state index contributed by atoms with van der Waals surface area (Å²) in [5.74, 6) is 0.142. The number of nitrogens with one attached hydrogen (secondary N) is 2. The van der Waals surface area contributed by atoms with Gasteiger partial charge in [-0.2, -0.15) is 10.2 Å². The lowest BCUT2D eigenvalue weighted by molar-refractivity contribution is 0.100. The van der Waals surface area contributed by atoms with Crippen molar-refractivity contribution in [1.29, 1.82) is 0 Å². The number of aryl methyl sites for hydroxylation is 1. The molecule has 0 atom stereocenters. The maximum absolute atomic E-state index is 12.1. The van der Waals surface area contributed by atoms with Crippen LogP contribution >= 0.6 is 0 Å². The standard InChI is InChI=1S/C26H37N7O/c1-17(2)14-28-10-11-32-16-19(15-29-32)30-23-12-20(6-7-22(23)25(27)34)33-24-13-26(4,5)9-8-21(24)18(3)31-33/h6-7,12,15-17,28,30H,8-11,13-14H2,1-5H3,(H2,27,34). The Kier molecular flexibility index (Phi) is 6.79. The number of benzene rings is 1. The maximum atomic E-state index is 12.1. The highest BCUT2D eigenvalue weighted by Crippen LogP contribution is 2.37. The molecule has 0 radical (unpaired) electrons. The van der Waals surface area contributed by atoms with Crippen LogP contribution in [-0.2, 0) is 19.4 Å². The fraction of sp³-hybridized carbons (Fsp3) is 0.500. The SMILES string of the molecule is Cc1nn(-c2ccc(C(N)=O)c(Nc3cnn(CCNCC(C)C)c3)c2)c2c1CCC(C)(C)C2. The summed E-state index contributed by atoms with van der Waals surface area (Å²) in [6.07, 6.45) is 6.89. The Bertz CT molecular complexity index is 1170. The van der Waals surface area contributed by atoms with Crippen LogP contribution in [-0.4, -0.2) is 38.6 Å². The molecule has 2 aromatic heterocycles. The van der Waals surface area contributed by atoms with E-state index in [-0.39, 0.29) is 5.41 Å². The second-order valence-corrected chi connectivity index (χ2v) is 10.6. The molecule has 8 nitrogen and oxygen atoms in total. The lowest BCUT2D eigenvalue weighted by atomic mass is 9.76. The minimum atomic E-state index is -0.473. The van der Waals surface area contributed by atoms with Crippen molar-refractivity contribution in [2.75, 3.05) is 18.4 Å². The second-order valence-electron chi connectivity index (χ2n) is 10.6. The first-order chi connectivity index (χ1) is 16.1. The summed E-state index contributed by atoms with van der Waals surface area (Å²) in [5.41, 5.74) is 12.4. The molecule has 1 aromatic carbocycles. The molecule has 182 valence electrons. The number of aromatic nitrogens is 4. The molecule has 4 rings (SSSR count). The Labute approximate surface area is 201 Å². The third kappa shape index (κ3) is 5.33. The molecule has 8 heteroatoms. The van der Waals surface area contributed by atoms with Crippen LogP contribution in [0.25, 0.3) is 5.69 Å². The molecule has 0 unspecified atom stereocenters. The topological polar surface area (TPSA) is 103 Å². The summed E-state index contributed by atoms with van der Waals surface area (Å²) in [5, 5.41) is 16.1. The summed E-state index contributed by atoms with van der Waals surface area (Å²) in [4.78, 5) is 12.1. The van der Waals surface area contributed by atoms with Crippen LogP contribution in [0.1, 0.15) is 61.4 Å². The molecule has 4 N–H and O–H groups in total. The molecule has 0 saturated heterocycles. The summed E-state index contributed by atoms with van der Waals surface area (Å²) in [7, 11) is 0. The van der Waals surface area contributed by atoms with E-state index in [0.29, 0.717) is 17.2 Å². The van der Waals surface area contributed by atoms with Crippen LogP contribution in [0.15, 0.2) is 30.6 Å². The third-order valence-electron chi connectivity index (χ3n) is 6.48. The van der Waals surface area contributed by atoms with Crippen molar-refractivity contribution in [2.24, 2.45) is 17.1 Å². The van der Waals surface area contributed by atoms with Crippen molar-refractivity contribution in [3.8, 4) is 5.69 Å². The molecule has 1 amide bonds. The minimum Gasteiger partial charge on any atom is -0.366 e. The zero-order valence-electron chi connectivity index (χ0n) is 21.0. The lowest BCUT2D eigenvalue weighted by Gasteiger charge is -2.30. The number of rotatable bonds is 9. The van der Waals surface area contributed by atoms with E-state index in [2.05, 4.69) is 50.4 Å². The number of anilines is 2. The minimum absolute atomic E-state index is 0.240. The number of nitrogens with zero attached hydrogens (tertiary/aromatic N) is 4. The van der Waals surface area contributed by atoms with Gasteiger partial charge in [0, 0.05) is 18.4 Å². The molecule has 0 spiro atoms. The van der Waals surface area contributed by atoms with Crippen LogP contribution < -0.4 is 16.4 Å². The Morgan fingerprint density at radius 2 is 2.09 bits per heavy atom. The Morgan fingerprint density at radius 1 is 1.29 bits per heavy atom. The fourth-order valence-corrected chi connectivity index (χ4v) is 4.61. The predicted molar refractivity (Wildman–Crippen MR) is 136 cm³/mol. The largest absolute Gasteiger partial charge is 0.366 e. The number of carbonyl (C=O) groups excluding carboxylic acids is 1. The number of fused-ring (bicyclic) bond motifs is 1. The number of amides is 1. The Balaban J connectivity index is 1.59. The monoisotopic (exact) mass is 463 g/mol. The first kappa shape index (κ1) is 24.0. The van der Waals surface area contributed by atoms with Gasteiger partial charge in [-0.05, 0) is 67.8 Å². The quantitative estimate of drug-likeness (QED) is 0.417. The first-order valence-electron chi connectivity index (χ1n) is 12.1. The molecule has 34 heavy (non-hydrogen) atoms. The van der Waals surface area contributed by atoms with Gasteiger partial charge >= 0.3 is 0 Å². The van der Waals surface area contributed by atoms with E-state index >= 15 is 0 Å². The van der Waals surface area contributed by atoms with Crippen LogP contribution in [0.3, 0.4) is 0 Å². The molecular weight excluding hydrogens is 426 g/mol. The van der Waals surface area contributed by atoms with Gasteiger partial charge in [0.05, 0.1) is 41.1 Å². The molecule has 0 saturated carbocycles. The third-order valence-corrected chi connectivity index (χ3v) is 6.48. The molecule has 2 heterocycles. The van der Waals surface area contributed by atoms with Gasteiger partial charge in [0.15, 0.2) is 0 Å². The van der Waals surface area contributed by atoms with Gasteiger partial charge in [0.25, 0.3) is 5.91 Å². The fourth-order valence-electron chi connectivity index (χ4n) is 4.61. The van der Waals surface area contributed by atoms with Crippen molar-refractivity contribution >= 4 is 17.3 Å². The normalized spacial score (nSPS) is 14.9. The number of hydrogen-bond donors (Lipinski definition) is 3. The molecule has 1 aliphatic carbocycles. The molecule has 0 bridgehead atoms. The molecule has 3 aromatic rings. The number of hydrogen-bond acceptors (Lipinski definition) is 5. The summed E-state index contributed by atoms with van der Waals surface area (Å²) in [6.45, 7) is 13.7. The predicted octanol–water partition coefficient (Wildman–Crippen LogP) is 3.98.